The van der Waals surface area contributed by atoms with Crippen molar-refractivity contribution in [1.29, 1.82) is 0 Å². The standard InChI is InChI=1S/C17H15NO2S/c1-10-14(18)16(17(19)20-2)21-15(10)13-9-5-7-11-6-3-4-8-12(11)13/h3-9H,18H2,1-2H3. The SMILES string of the molecule is COC(=O)c1sc(-c2cccc3ccccc23)c(C)c1N. The van der Waals surface area contributed by atoms with Crippen molar-refractivity contribution in [1.82, 2.24) is 0 Å². The minimum absolute atomic E-state index is 0.382. The lowest BCUT2D eigenvalue weighted by atomic mass is 10.0. The Bertz CT molecular complexity index is 831. The van der Waals surface area contributed by atoms with Gasteiger partial charge in [-0.3, -0.25) is 0 Å². The summed E-state index contributed by atoms with van der Waals surface area (Å²) in [5.41, 5.74) is 8.60. The van der Waals surface area contributed by atoms with Crippen LogP contribution < -0.4 is 5.73 Å². The number of carbonyl (C=O) groups is 1. The van der Waals surface area contributed by atoms with E-state index in [0.717, 1.165) is 21.4 Å². The summed E-state index contributed by atoms with van der Waals surface area (Å²) in [6.45, 7) is 1.94. The normalized spacial score (nSPS) is 10.8. The molecule has 0 spiro atoms. The number of nitrogens with two attached hydrogens (primary N) is 1. The number of methoxy groups -OCH3 is 1. The number of esters is 1. The van der Waals surface area contributed by atoms with E-state index in [1.807, 2.05) is 25.1 Å². The van der Waals surface area contributed by atoms with Gasteiger partial charge in [-0.2, -0.15) is 0 Å². The number of hydrogen-bond acceptors (Lipinski definition) is 4. The second-order valence-electron chi connectivity index (χ2n) is 4.82. The molecule has 0 radical (unpaired) electrons. The van der Waals surface area contributed by atoms with Crippen molar-refractivity contribution in [2.24, 2.45) is 0 Å². The average Bonchev–Trinajstić information content (AvgIpc) is 2.82. The first kappa shape index (κ1) is 13.6. The van der Waals surface area contributed by atoms with Crippen LogP contribution in [-0.2, 0) is 4.74 Å². The Morgan fingerprint density at radius 3 is 2.62 bits per heavy atom. The van der Waals surface area contributed by atoms with Gasteiger partial charge in [0.2, 0.25) is 0 Å². The van der Waals surface area contributed by atoms with Crippen LogP contribution in [0.5, 0.6) is 0 Å². The van der Waals surface area contributed by atoms with E-state index in [4.69, 9.17) is 10.5 Å². The van der Waals surface area contributed by atoms with Crippen LogP contribution in [0.25, 0.3) is 21.2 Å². The zero-order chi connectivity index (χ0) is 15.0. The molecule has 3 aromatic rings. The lowest BCUT2D eigenvalue weighted by Gasteiger charge is -2.05. The molecule has 2 aromatic carbocycles. The van der Waals surface area contributed by atoms with Gasteiger partial charge in [-0.05, 0) is 28.8 Å². The molecule has 1 heterocycles. The zero-order valence-electron chi connectivity index (χ0n) is 11.8. The highest BCUT2D eigenvalue weighted by molar-refractivity contribution is 7.18. The maximum Gasteiger partial charge on any atom is 0.350 e. The van der Waals surface area contributed by atoms with Crippen LogP contribution in [0, 0.1) is 6.92 Å². The maximum absolute atomic E-state index is 11.8. The molecule has 0 aliphatic rings. The second kappa shape index (κ2) is 5.22. The lowest BCUT2D eigenvalue weighted by molar-refractivity contribution is 0.0607. The summed E-state index contributed by atoms with van der Waals surface area (Å²) >= 11 is 1.39. The van der Waals surface area contributed by atoms with Crippen molar-refractivity contribution in [2.45, 2.75) is 6.92 Å². The Balaban J connectivity index is 2.27. The molecule has 0 atom stereocenters. The number of ether oxygens (including phenoxy) is 1. The Kier molecular flexibility index (Phi) is 3.39. The van der Waals surface area contributed by atoms with E-state index in [9.17, 15) is 4.79 Å². The number of rotatable bonds is 2. The van der Waals surface area contributed by atoms with Crippen molar-refractivity contribution in [3.63, 3.8) is 0 Å². The van der Waals surface area contributed by atoms with Crippen LogP contribution in [0.4, 0.5) is 5.69 Å². The molecule has 3 rings (SSSR count). The molecule has 1 aromatic heterocycles. The monoisotopic (exact) mass is 297 g/mol. The van der Waals surface area contributed by atoms with Gasteiger partial charge in [-0.15, -0.1) is 11.3 Å². The Labute approximate surface area is 127 Å². The van der Waals surface area contributed by atoms with E-state index in [1.54, 1.807) is 0 Å². The topological polar surface area (TPSA) is 52.3 Å². The predicted octanol–water partition coefficient (Wildman–Crippen LogP) is 4.25. The molecule has 0 amide bonds. The number of hydrogen-bond donors (Lipinski definition) is 1. The molecular weight excluding hydrogens is 282 g/mol. The van der Waals surface area contributed by atoms with Gasteiger partial charge in [0.15, 0.2) is 0 Å². The van der Waals surface area contributed by atoms with Crippen molar-refractivity contribution in [2.75, 3.05) is 12.8 Å². The summed E-state index contributed by atoms with van der Waals surface area (Å²) in [6, 6.07) is 14.3. The minimum Gasteiger partial charge on any atom is -0.465 e. The van der Waals surface area contributed by atoms with Gasteiger partial charge in [-0.1, -0.05) is 42.5 Å². The van der Waals surface area contributed by atoms with Crippen molar-refractivity contribution in [3.8, 4) is 10.4 Å². The number of benzene rings is 2. The van der Waals surface area contributed by atoms with Gasteiger partial charge in [0, 0.05) is 4.88 Å². The lowest BCUT2D eigenvalue weighted by Crippen LogP contribution is -2.01. The fourth-order valence-electron chi connectivity index (χ4n) is 2.45. The molecule has 0 fully saturated rings. The molecule has 0 aliphatic heterocycles. The van der Waals surface area contributed by atoms with E-state index < -0.39 is 0 Å². The number of fused-ring (bicyclic) bond motifs is 1. The molecule has 0 saturated carbocycles. The molecule has 0 aliphatic carbocycles. The predicted molar refractivity (Wildman–Crippen MR) is 87.7 cm³/mol. The quantitative estimate of drug-likeness (QED) is 0.720. The molecular formula is C17H15NO2S. The average molecular weight is 297 g/mol. The number of nitrogen functional groups attached to an aromatic ring is 1. The van der Waals surface area contributed by atoms with Crippen LogP contribution in [0.15, 0.2) is 42.5 Å². The van der Waals surface area contributed by atoms with Crippen molar-refractivity contribution in [3.05, 3.63) is 52.9 Å². The van der Waals surface area contributed by atoms with E-state index >= 15 is 0 Å². The maximum atomic E-state index is 11.8. The van der Waals surface area contributed by atoms with Crippen molar-refractivity contribution < 1.29 is 9.53 Å². The van der Waals surface area contributed by atoms with Gasteiger partial charge >= 0.3 is 5.97 Å². The Morgan fingerprint density at radius 1 is 1.14 bits per heavy atom. The van der Waals surface area contributed by atoms with Crippen LogP contribution in [-0.4, -0.2) is 13.1 Å². The molecule has 0 saturated heterocycles. The minimum atomic E-state index is -0.382. The van der Waals surface area contributed by atoms with Crippen LogP contribution in [0.3, 0.4) is 0 Å². The second-order valence-corrected chi connectivity index (χ2v) is 5.84. The van der Waals surface area contributed by atoms with Gasteiger partial charge in [0.1, 0.15) is 4.88 Å². The number of anilines is 1. The van der Waals surface area contributed by atoms with E-state index in [-0.39, 0.29) is 5.97 Å². The Morgan fingerprint density at radius 2 is 1.86 bits per heavy atom. The molecule has 0 unspecified atom stereocenters. The summed E-state index contributed by atoms with van der Waals surface area (Å²) in [6.07, 6.45) is 0. The number of carbonyl (C=O) groups excluding carboxylic acids is 1. The molecule has 3 nitrogen and oxygen atoms in total. The molecule has 4 heteroatoms. The summed E-state index contributed by atoms with van der Waals surface area (Å²) in [7, 11) is 1.37. The summed E-state index contributed by atoms with van der Waals surface area (Å²) in [4.78, 5) is 13.3. The summed E-state index contributed by atoms with van der Waals surface area (Å²) < 4.78 is 4.80. The molecule has 0 bridgehead atoms. The van der Waals surface area contributed by atoms with Crippen LogP contribution in [0.2, 0.25) is 0 Å². The highest BCUT2D eigenvalue weighted by Crippen LogP contribution is 2.41. The molecule has 106 valence electrons. The van der Waals surface area contributed by atoms with Gasteiger partial charge < -0.3 is 10.5 Å². The first-order valence-electron chi connectivity index (χ1n) is 6.58. The third kappa shape index (κ3) is 2.17. The van der Waals surface area contributed by atoms with Gasteiger partial charge in [0.05, 0.1) is 12.8 Å². The van der Waals surface area contributed by atoms with Crippen LogP contribution in [0.1, 0.15) is 15.2 Å². The fraction of sp³-hybridized carbons (Fsp3) is 0.118. The van der Waals surface area contributed by atoms with Crippen LogP contribution >= 0.6 is 11.3 Å². The van der Waals surface area contributed by atoms with E-state index in [2.05, 4.69) is 24.3 Å². The Hall–Kier alpha value is -2.33. The highest BCUT2D eigenvalue weighted by atomic mass is 32.1. The van der Waals surface area contributed by atoms with Crippen molar-refractivity contribution >= 4 is 33.8 Å². The summed E-state index contributed by atoms with van der Waals surface area (Å²) in [5, 5.41) is 2.32. The van der Waals surface area contributed by atoms with E-state index in [0.29, 0.717) is 10.6 Å². The molecule has 21 heavy (non-hydrogen) atoms. The highest BCUT2D eigenvalue weighted by Gasteiger charge is 2.20. The first-order valence-corrected chi connectivity index (χ1v) is 7.40. The largest absolute Gasteiger partial charge is 0.465 e. The zero-order valence-corrected chi connectivity index (χ0v) is 12.7. The number of thiophene rings is 1. The fourth-order valence-corrected chi connectivity index (χ4v) is 3.64. The smallest absolute Gasteiger partial charge is 0.350 e. The first-order chi connectivity index (χ1) is 10.1. The third-order valence-corrected chi connectivity index (χ3v) is 4.92. The van der Waals surface area contributed by atoms with Gasteiger partial charge in [0.25, 0.3) is 0 Å². The van der Waals surface area contributed by atoms with Gasteiger partial charge in [-0.25, -0.2) is 4.79 Å². The van der Waals surface area contributed by atoms with E-state index in [1.165, 1.54) is 23.8 Å². The molecule has 2 N–H and O–H groups in total. The third-order valence-electron chi connectivity index (χ3n) is 3.60. The summed E-state index contributed by atoms with van der Waals surface area (Å²) in [5.74, 6) is -0.382.